The number of furan rings is 1. The van der Waals surface area contributed by atoms with Gasteiger partial charge in [-0.3, -0.25) is 4.79 Å². The summed E-state index contributed by atoms with van der Waals surface area (Å²) in [6.07, 6.45) is 3.93. The molecule has 1 N–H and O–H groups in total. The molecule has 96 valence electrons. The molecule has 1 unspecified atom stereocenters. The summed E-state index contributed by atoms with van der Waals surface area (Å²) >= 11 is 0. The van der Waals surface area contributed by atoms with Crippen molar-refractivity contribution in [1.82, 2.24) is 10.2 Å². The molecule has 0 spiro atoms. The van der Waals surface area contributed by atoms with Crippen LogP contribution in [0.25, 0.3) is 0 Å². The molecule has 1 aromatic rings. The molecule has 0 radical (unpaired) electrons. The minimum atomic E-state index is 0.210. The third kappa shape index (κ3) is 4.23. The Balaban J connectivity index is 2.26. The van der Waals surface area contributed by atoms with Crippen LogP contribution in [0.1, 0.15) is 38.8 Å². The second-order valence-electron chi connectivity index (χ2n) is 4.05. The van der Waals surface area contributed by atoms with Gasteiger partial charge in [0, 0.05) is 37.7 Å². The van der Waals surface area contributed by atoms with Gasteiger partial charge in [-0.25, -0.2) is 0 Å². The Morgan fingerprint density at radius 1 is 1.47 bits per heavy atom. The smallest absolute Gasteiger partial charge is 0.223 e. The number of hydrogen-bond acceptors (Lipinski definition) is 3. The average Bonchev–Trinajstić information content (AvgIpc) is 2.84. The molecule has 0 aliphatic heterocycles. The number of carbonyl (C=O) groups excluding carboxylic acids is 1. The molecule has 0 bridgehead atoms. The van der Waals surface area contributed by atoms with Gasteiger partial charge in [0.05, 0.1) is 12.5 Å². The molecule has 1 atom stereocenters. The minimum Gasteiger partial charge on any atom is -0.472 e. The fourth-order valence-corrected chi connectivity index (χ4v) is 1.77. The SMILES string of the molecule is CCN(CC)C(=O)CCNC(C)c1ccoc1. The molecule has 0 saturated carbocycles. The number of nitrogens with zero attached hydrogens (tertiary/aromatic N) is 1. The van der Waals surface area contributed by atoms with Gasteiger partial charge in [-0.2, -0.15) is 0 Å². The van der Waals surface area contributed by atoms with E-state index < -0.39 is 0 Å². The molecule has 0 aliphatic rings. The maximum absolute atomic E-state index is 11.7. The Labute approximate surface area is 103 Å². The first-order chi connectivity index (χ1) is 8.19. The summed E-state index contributed by atoms with van der Waals surface area (Å²) in [6, 6.07) is 2.16. The molecule has 1 aromatic heterocycles. The van der Waals surface area contributed by atoms with Gasteiger partial charge < -0.3 is 14.6 Å². The number of rotatable bonds is 7. The fraction of sp³-hybridized carbons (Fsp3) is 0.615. The second kappa shape index (κ2) is 7.12. The lowest BCUT2D eigenvalue weighted by atomic mass is 10.2. The zero-order chi connectivity index (χ0) is 12.7. The lowest BCUT2D eigenvalue weighted by Crippen LogP contribution is -2.33. The zero-order valence-corrected chi connectivity index (χ0v) is 10.9. The highest BCUT2D eigenvalue weighted by Gasteiger charge is 2.10. The minimum absolute atomic E-state index is 0.210. The van der Waals surface area contributed by atoms with Crippen LogP contribution in [0.15, 0.2) is 23.0 Å². The first kappa shape index (κ1) is 13.8. The van der Waals surface area contributed by atoms with Crippen molar-refractivity contribution >= 4 is 5.91 Å². The molecule has 1 heterocycles. The van der Waals surface area contributed by atoms with E-state index in [1.807, 2.05) is 24.8 Å². The van der Waals surface area contributed by atoms with Crippen LogP contribution in [0.3, 0.4) is 0 Å². The largest absolute Gasteiger partial charge is 0.472 e. The lowest BCUT2D eigenvalue weighted by molar-refractivity contribution is -0.130. The van der Waals surface area contributed by atoms with Crippen molar-refractivity contribution in [3.8, 4) is 0 Å². The number of nitrogens with one attached hydrogen (secondary N) is 1. The summed E-state index contributed by atoms with van der Waals surface area (Å²) in [6.45, 7) is 8.33. The van der Waals surface area contributed by atoms with E-state index in [-0.39, 0.29) is 11.9 Å². The van der Waals surface area contributed by atoms with Crippen LogP contribution in [-0.4, -0.2) is 30.4 Å². The standard InChI is InChI=1S/C13H22N2O2/c1-4-15(5-2)13(16)6-8-14-11(3)12-7-9-17-10-12/h7,9-11,14H,4-6,8H2,1-3H3. The molecule has 4 heteroatoms. The van der Waals surface area contributed by atoms with Gasteiger partial charge in [0.15, 0.2) is 0 Å². The Bertz CT molecular complexity index is 318. The first-order valence-corrected chi connectivity index (χ1v) is 6.22. The van der Waals surface area contributed by atoms with Crippen molar-refractivity contribution in [2.45, 2.75) is 33.2 Å². The predicted molar refractivity (Wildman–Crippen MR) is 67.7 cm³/mol. The van der Waals surface area contributed by atoms with Crippen molar-refractivity contribution in [3.63, 3.8) is 0 Å². The quantitative estimate of drug-likeness (QED) is 0.792. The number of amides is 1. The summed E-state index contributed by atoms with van der Waals surface area (Å²) in [4.78, 5) is 13.6. The average molecular weight is 238 g/mol. The molecular formula is C13H22N2O2. The van der Waals surface area contributed by atoms with Crippen molar-refractivity contribution < 1.29 is 9.21 Å². The van der Waals surface area contributed by atoms with Crippen LogP contribution >= 0.6 is 0 Å². The fourth-order valence-electron chi connectivity index (χ4n) is 1.77. The van der Waals surface area contributed by atoms with Gasteiger partial charge in [-0.15, -0.1) is 0 Å². The maximum Gasteiger partial charge on any atom is 0.223 e. The van der Waals surface area contributed by atoms with Crippen LogP contribution in [0.5, 0.6) is 0 Å². The van der Waals surface area contributed by atoms with Gasteiger partial charge >= 0.3 is 0 Å². The van der Waals surface area contributed by atoms with Crippen molar-refractivity contribution in [3.05, 3.63) is 24.2 Å². The van der Waals surface area contributed by atoms with Gasteiger partial charge in [-0.05, 0) is 26.8 Å². The number of hydrogen-bond donors (Lipinski definition) is 1. The molecule has 0 aliphatic carbocycles. The van der Waals surface area contributed by atoms with Gasteiger partial charge in [0.2, 0.25) is 5.91 Å². The highest BCUT2D eigenvalue weighted by Crippen LogP contribution is 2.11. The van der Waals surface area contributed by atoms with Crippen molar-refractivity contribution in [1.29, 1.82) is 0 Å². The van der Waals surface area contributed by atoms with E-state index in [1.165, 1.54) is 0 Å². The highest BCUT2D eigenvalue weighted by molar-refractivity contribution is 5.76. The van der Waals surface area contributed by atoms with Crippen molar-refractivity contribution in [2.75, 3.05) is 19.6 Å². The summed E-state index contributed by atoms with van der Waals surface area (Å²) in [7, 11) is 0. The van der Waals surface area contributed by atoms with E-state index in [4.69, 9.17) is 4.42 Å². The Morgan fingerprint density at radius 2 is 2.18 bits per heavy atom. The van der Waals surface area contributed by atoms with E-state index in [1.54, 1.807) is 12.5 Å². The third-order valence-corrected chi connectivity index (χ3v) is 2.95. The Morgan fingerprint density at radius 3 is 2.71 bits per heavy atom. The summed E-state index contributed by atoms with van der Waals surface area (Å²) in [5, 5.41) is 3.31. The van der Waals surface area contributed by atoms with Crippen LogP contribution in [0.4, 0.5) is 0 Å². The van der Waals surface area contributed by atoms with E-state index >= 15 is 0 Å². The second-order valence-corrected chi connectivity index (χ2v) is 4.05. The van der Waals surface area contributed by atoms with Gasteiger partial charge in [-0.1, -0.05) is 0 Å². The molecule has 17 heavy (non-hydrogen) atoms. The van der Waals surface area contributed by atoms with E-state index in [0.717, 1.165) is 18.7 Å². The van der Waals surface area contributed by atoms with Crippen LogP contribution in [0, 0.1) is 0 Å². The van der Waals surface area contributed by atoms with E-state index in [0.29, 0.717) is 13.0 Å². The van der Waals surface area contributed by atoms with Crippen LogP contribution in [0.2, 0.25) is 0 Å². The zero-order valence-electron chi connectivity index (χ0n) is 10.9. The molecule has 1 rings (SSSR count). The predicted octanol–water partition coefficient (Wildman–Crippen LogP) is 2.19. The normalized spacial score (nSPS) is 12.4. The van der Waals surface area contributed by atoms with Gasteiger partial charge in [0.25, 0.3) is 0 Å². The molecule has 1 amide bonds. The molecule has 0 fully saturated rings. The van der Waals surface area contributed by atoms with Crippen LogP contribution in [-0.2, 0) is 4.79 Å². The Hall–Kier alpha value is -1.29. The monoisotopic (exact) mass is 238 g/mol. The van der Waals surface area contributed by atoms with Crippen LogP contribution < -0.4 is 5.32 Å². The third-order valence-electron chi connectivity index (χ3n) is 2.95. The number of carbonyl (C=O) groups is 1. The molecule has 0 saturated heterocycles. The molecule has 4 nitrogen and oxygen atoms in total. The summed E-state index contributed by atoms with van der Waals surface area (Å²) in [5.74, 6) is 0.210. The summed E-state index contributed by atoms with van der Waals surface area (Å²) < 4.78 is 5.02. The topological polar surface area (TPSA) is 45.5 Å². The highest BCUT2D eigenvalue weighted by atomic mass is 16.3. The van der Waals surface area contributed by atoms with E-state index in [9.17, 15) is 4.79 Å². The Kier molecular flexibility index (Phi) is 5.77. The van der Waals surface area contributed by atoms with Crippen molar-refractivity contribution in [2.24, 2.45) is 0 Å². The molecule has 0 aromatic carbocycles. The van der Waals surface area contributed by atoms with Gasteiger partial charge in [0.1, 0.15) is 0 Å². The molecular weight excluding hydrogens is 216 g/mol. The lowest BCUT2D eigenvalue weighted by Gasteiger charge is -2.19. The first-order valence-electron chi connectivity index (χ1n) is 6.22. The summed E-state index contributed by atoms with van der Waals surface area (Å²) in [5.41, 5.74) is 1.11. The van der Waals surface area contributed by atoms with E-state index in [2.05, 4.69) is 12.2 Å². The maximum atomic E-state index is 11.7.